The van der Waals surface area contributed by atoms with Crippen LogP contribution in [0.5, 0.6) is 5.75 Å². The summed E-state index contributed by atoms with van der Waals surface area (Å²) in [5.41, 5.74) is 4.67. The van der Waals surface area contributed by atoms with Crippen molar-refractivity contribution in [3.8, 4) is 5.75 Å². The highest BCUT2D eigenvalue weighted by molar-refractivity contribution is 5.34. The second-order valence-electron chi connectivity index (χ2n) is 3.80. The number of benzene rings is 1. The van der Waals surface area contributed by atoms with Gasteiger partial charge in [0, 0.05) is 11.8 Å². The minimum Gasteiger partial charge on any atom is -0.489 e. The van der Waals surface area contributed by atoms with E-state index >= 15 is 0 Å². The van der Waals surface area contributed by atoms with Crippen molar-refractivity contribution >= 4 is 5.82 Å². The van der Waals surface area contributed by atoms with Crippen molar-refractivity contribution in [1.29, 1.82) is 0 Å². The molecule has 2 aromatic rings. The fraction of sp³-hybridized carbons (Fsp3) is 0.154. The van der Waals surface area contributed by atoms with E-state index in [1.165, 1.54) is 5.56 Å². The maximum absolute atomic E-state index is 5.65. The summed E-state index contributed by atoms with van der Waals surface area (Å²) in [6, 6.07) is 11.7. The molecule has 0 amide bonds. The summed E-state index contributed by atoms with van der Waals surface area (Å²) in [6.07, 6.45) is 1.74. The molecule has 4 nitrogen and oxygen atoms in total. The lowest BCUT2D eigenvalue weighted by Crippen LogP contribution is -2.08. The SMILES string of the molecule is Cc1cccc(OCc2ccc(NN)nc2)c1. The summed E-state index contributed by atoms with van der Waals surface area (Å²) in [4.78, 5) is 4.11. The third-order valence-corrected chi connectivity index (χ3v) is 2.37. The molecular formula is C13H15N3O. The molecule has 1 aromatic carbocycles. The van der Waals surface area contributed by atoms with Gasteiger partial charge in [0.25, 0.3) is 0 Å². The highest BCUT2D eigenvalue weighted by Gasteiger charge is 1.97. The zero-order valence-corrected chi connectivity index (χ0v) is 9.68. The minimum atomic E-state index is 0.501. The number of aromatic nitrogens is 1. The van der Waals surface area contributed by atoms with E-state index in [0.717, 1.165) is 11.3 Å². The number of hydrazine groups is 1. The maximum Gasteiger partial charge on any atom is 0.139 e. The van der Waals surface area contributed by atoms with Crippen LogP contribution in [0.2, 0.25) is 0 Å². The minimum absolute atomic E-state index is 0.501. The Balaban J connectivity index is 1.97. The average Bonchev–Trinajstić information content (AvgIpc) is 2.37. The van der Waals surface area contributed by atoms with Crippen LogP contribution >= 0.6 is 0 Å². The predicted molar refractivity (Wildman–Crippen MR) is 67.6 cm³/mol. The number of anilines is 1. The topological polar surface area (TPSA) is 60.2 Å². The van der Waals surface area contributed by atoms with E-state index in [-0.39, 0.29) is 0 Å². The van der Waals surface area contributed by atoms with Crippen LogP contribution in [0.4, 0.5) is 5.82 Å². The molecule has 88 valence electrons. The lowest BCUT2D eigenvalue weighted by atomic mass is 10.2. The van der Waals surface area contributed by atoms with Gasteiger partial charge in [-0.1, -0.05) is 18.2 Å². The molecule has 1 aromatic heterocycles. The molecule has 3 N–H and O–H groups in total. The number of ether oxygens (including phenoxy) is 1. The van der Waals surface area contributed by atoms with E-state index in [4.69, 9.17) is 10.6 Å². The molecule has 0 saturated heterocycles. The van der Waals surface area contributed by atoms with Crippen LogP contribution in [0.25, 0.3) is 0 Å². The van der Waals surface area contributed by atoms with Crippen LogP contribution in [0.3, 0.4) is 0 Å². The lowest BCUT2D eigenvalue weighted by Gasteiger charge is -2.07. The van der Waals surface area contributed by atoms with Crippen molar-refractivity contribution in [2.75, 3.05) is 5.43 Å². The molecule has 17 heavy (non-hydrogen) atoms. The summed E-state index contributed by atoms with van der Waals surface area (Å²) in [5, 5.41) is 0. The third kappa shape index (κ3) is 3.19. The van der Waals surface area contributed by atoms with Gasteiger partial charge in [0.2, 0.25) is 0 Å². The molecule has 0 saturated carbocycles. The van der Waals surface area contributed by atoms with Gasteiger partial charge < -0.3 is 10.2 Å². The third-order valence-electron chi connectivity index (χ3n) is 2.37. The number of pyridine rings is 1. The monoisotopic (exact) mass is 229 g/mol. The van der Waals surface area contributed by atoms with E-state index in [1.807, 2.05) is 43.3 Å². The number of nitrogens with two attached hydrogens (primary N) is 1. The van der Waals surface area contributed by atoms with Gasteiger partial charge in [-0.2, -0.15) is 0 Å². The molecule has 0 radical (unpaired) electrons. The van der Waals surface area contributed by atoms with E-state index < -0.39 is 0 Å². The molecule has 2 rings (SSSR count). The molecule has 0 aliphatic carbocycles. The molecule has 0 aliphatic rings. The van der Waals surface area contributed by atoms with Gasteiger partial charge in [0.15, 0.2) is 0 Å². The van der Waals surface area contributed by atoms with Crippen LogP contribution in [0, 0.1) is 6.92 Å². The first-order chi connectivity index (χ1) is 8.28. The average molecular weight is 229 g/mol. The molecule has 0 fully saturated rings. The van der Waals surface area contributed by atoms with Crippen molar-refractivity contribution in [1.82, 2.24) is 4.98 Å². The van der Waals surface area contributed by atoms with Crippen LogP contribution in [-0.4, -0.2) is 4.98 Å². The highest BCUT2D eigenvalue weighted by atomic mass is 16.5. The Hall–Kier alpha value is -2.07. The number of hydrogen-bond donors (Lipinski definition) is 2. The van der Waals surface area contributed by atoms with Crippen LogP contribution < -0.4 is 16.0 Å². The molecule has 0 bridgehead atoms. The molecule has 1 heterocycles. The van der Waals surface area contributed by atoms with Crippen LogP contribution in [0.1, 0.15) is 11.1 Å². The molecule has 0 spiro atoms. The number of nitrogen functional groups attached to an aromatic ring is 1. The van der Waals surface area contributed by atoms with Crippen molar-refractivity contribution in [2.24, 2.45) is 5.84 Å². The molecular weight excluding hydrogens is 214 g/mol. The first kappa shape index (κ1) is 11.4. The van der Waals surface area contributed by atoms with Crippen molar-refractivity contribution in [3.05, 3.63) is 53.7 Å². The van der Waals surface area contributed by atoms with Crippen molar-refractivity contribution in [2.45, 2.75) is 13.5 Å². The Morgan fingerprint density at radius 3 is 2.82 bits per heavy atom. The maximum atomic E-state index is 5.65. The van der Waals surface area contributed by atoms with Gasteiger partial charge in [0.1, 0.15) is 18.2 Å². The number of hydrogen-bond acceptors (Lipinski definition) is 4. The Morgan fingerprint density at radius 2 is 2.18 bits per heavy atom. The van der Waals surface area contributed by atoms with Crippen LogP contribution in [-0.2, 0) is 6.61 Å². The second-order valence-corrected chi connectivity index (χ2v) is 3.80. The summed E-state index contributed by atoms with van der Waals surface area (Å²) >= 11 is 0. The van der Waals surface area contributed by atoms with Crippen LogP contribution in [0.15, 0.2) is 42.6 Å². The van der Waals surface area contributed by atoms with Gasteiger partial charge in [-0.05, 0) is 30.7 Å². The van der Waals surface area contributed by atoms with Gasteiger partial charge in [-0.25, -0.2) is 10.8 Å². The van der Waals surface area contributed by atoms with E-state index in [0.29, 0.717) is 12.4 Å². The summed E-state index contributed by atoms with van der Waals surface area (Å²) in [6.45, 7) is 2.54. The predicted octanol–water partition coefficient (Wildman–Crippen LogP) is 2.25. The Kier molecular flexibility index (Phi) is 3.57. The number of nitrogens with zero attached hydrogens (tertiary/aromatic N) is 1. The van der Waals surface area contributed by atoms with Gasteiger partial charge in [0.05, 0.1) is 0 Å². The molecule has 0 atom stereocenters. The first-order valence-electron chi connectivity index (χ1n) is 5.39. The first-order valence-corrected chi connectivity index (χ1v) is 5.39. The van der Waals surface area contributed by atoms with Crippen molar-refractivity contribution in [3.63, 3.8) is 0 Å². The van der Waals surface area contributed by atoms with E-state index in [2.05, 4.69) is 10.4 Å². The fourth-order valence-corrected chi connectivity index (χ4v) is 1.47. The Labute approximate surface area is 100 Å². The standard InChI is InChI=1S/C13H15N3O/c1-10-3-2-4-12(7-10)17-9-11-5-6-13(16-14)15-8-11/h2-8H,9,14H2,1H3,(H,15,16). The summed E-state index contributed by atoms with van der Waals surface area (Å²) in [7, 11) is 0. The quantitative estimate of drug-likeness (QED) is 0.623. The molecule has 0 aliphatic heterocycles. The second kappa shape index (κ2) is 5.32. The smallest absolute Gasteiger partial charge is 0.139 e. The largest absolute Gasteiger partial charge is 0.489 e. The fourth-order valence-electron chi connectivity index (χ4n) is 1.47. The number of rotatable bonds is 4. The molecule has 4 heteroatoms. The summed E-state index contributed by atoms with van der Waals surface area (Å²) < 4.78 is 5.65. The molecule has 0 unspecified atom stereocenters. The highest BCUT2D eigenvalue weighted by Crippen LogP contribution is 2.14. The van der Waals surface area contributed by atoms with E-state index in [9.17, 15) is 0 Å². The van der Waals surface area contributed by atoms with Crippen molar-refractivity contribution < 1.29 is 4.74 Å². The Morgan fingerprint density at radius 1 is 1.29 bits per heavy atom. The number of nitrogens with one attached hydrogen (secondary N) is 1. The Bertz CT molecular complexity index is 482. The van der Waals surface area contributed by atoms with Gasteiger partial charge in [-0.3, -0.25) is 0 Å². The zero-order valence-electron chi connectivity index (χ0n) is 9.68. The summed E-state index contributed by atoms with van der Waals surface area (Å²) in [5.74, 6) is 6.75. The van der Waals surface area contributed by atoms with Gasteiger partial charge >= 0.3 is 0 Å². The van der Waals surface area contributed by atoms with Gasteiger partial charge in [-0.15, -0.1) is 0 Å². The van der Waals surface area contributed by atoms with E-state index in [1.54, 1.807) is 6.20 Å². The lowest BCUT2D eigenvalue weighted by molar-refractivity contribution is 0.305. The number of aryl methyl sites for hydroxylation is 1. The normalized spacial score (nSPS) is 10.0. The zero-order chi connectivity index (χ0) is 12.1.